The molecule has 4 aliphatic carbocycles. The van der Waals surface area contributed by atoms with Crippen molar-refractivity contribution in [2.45, 2.75) is 58.8 Å². The Kier molecular flexibility index (Phi) is 5.11. The first kappa shape index (κ1) is 21.5. The summed E-state index contributed by atoms with van der Waals surface area (Å²) in [6, 6.07) is 5.84. The molecule has 3 fully saturated rings. The van der Waals surface area contributed by atoms with Crippen LogP contribution in [0, 0.1) is 28.6 Å². The SMILES string of the molecule is COc1ccc(C=C2C[C@H]3[C@@H]4CCC5=CC(=O)CC[C@]5(C)[C@H]4CC[C@]3(C)C2=O)cc1OC. The van der Waals surface area contributed by atoms with Gasteiger partial charge in [-0.1, -0.05) is 25.5 Å². The van der Waals surface area contributed by atoms with Gasteiger partial charge in [-0.05, 0) is 97.1 Å². The number of fused-ring (bicyclic) bond motifs is 5. The molecule has 3 saturated carbocycles. The fraction of sp³-hybridized carbons (Fsp3) is 0.571. The number of Topliss-reactive ketones (excluding diaryl/α,β-unsaturated/α-hetero) is 1. The van der Waals surface area contributed by atoms with Gasteiger partial charge in [0, 0.05) is 11.8 Å². The fourth-order valence-corrected chi connectivity index (χ4v) is 7.50. The second-order valence-electron chi connectivity index (χ2n) is 10.7. The highest BCUT2D eigenvalue weighted by molar-refractivity contribution is 6.06. The van der Waals surface area contributed by atoms with E-state index < -0.39 is 0 Å². The van der Waals surface area contributed by atoms with E-state index in [4.69, 9.17) is 9.47 Å². The molecule has 0 saturated heterocycles. The molecule has 0 unspecified atom stereocenters. The third-order valence-electron chi connectivity index (χ3n) is 9.35. The lowest BCUT2D eigenvalue weighted by molar-refractivity contribution is -0.130. The van der Waals surface area contributed by atoms with Crippen LogP contribution in [0.4, 0.5) is 0 Å². The van der Waals surface area contributed by atoms with E-state index in [1.165, 1.54) is 5.57 Å². The summed E-state index contributed by atoms with van der Waals surface area (Å²) in [6.45, 7) is 4.60. The molecule has 0 aliphatic heterocycles. The number of allylic oxidation sites excluding steroid dienone is 2. The maximum absolute atomic E-state index is 13.6. The molecule has 0 spiro atoms. The fourth-order valence-electron chi connectivity index (χ4n) is 7.50. The van der Waals surface area contributed by atoms with Gasteiger partial charge in [0.1, 0.15) is 0 Å². The normalized spacial score (nSPS) is 37.4. The molecule has 0 N–H and O–H groups in total. The Morgan fingerprint density at radius 2 is 1.72 bits per heavy atom. The van der Waals surface area contributed by atoms with Crippen LogP contribution < -0.4 is 9.47 Å². The molecule has 4 nitrogen and oxygen atoms in total. The smallest absolute Gasteiger partial charge is 0.165 e. The van der Waals surface area contributed by atoms with Gasteiger partial charge in [-0.3, -0.25) is 9.59 Å². The van der Waals surface area contributed by atoms with Crippen LogP contribution in [0.15, 0.2) is 35.4 Å². The molecule has 1 aromatic carbocycles. The van der Waals surface area contributed by atoms with Crippen LogP contribution in [0.1, 0.15) is 64.4 Å². The first-order valence-corrected chi connectivity index (χ1v) is 12.0. The molecular weight excluding hydrogens is 400 g/mol. The number of hydrogen-bond donors (Lipinski definition) is 0. The molecule has 170 valence electrons. The van der Waals surface area contributed by atoms with Gasteiger partial charge in [-0.15, -0.1) is 0 Å². The van der Waals surface area contributed by atoms with Gasteiger partial charge in [0.05, 0.1) is 14.2 Å². The lowest BCUT2D eigenvalue weighted by atomic mass is 9.47. The predicted octanol–water partition coefficient (Wildman–Crippen LogP) is 5.80. The summed E-state index contributed by atoms with van der Waals surface area (Å²) in [7, 11) is 3.27. The van der Waals surface area contributed by atoms with Gasteiger partial charge >= 0.3 is 0 Å². The van der Waals surface area contributed by atoms with Crippen LogP contribution in [0.2, 0.25) is 0 Å². The van der Waals surface area contributed by atoms with E-state index in [9.17, 15) is 9.59 Å². The number of rotatable bonds is 3. The van der Waals surface area contributed by atoms with Crippen LogP contribution in [-0.4, -0.2) is 25.8 Å². The molecule has 0 amide bonds. The predicted molar refractivity (Wildman–Crippen MR) is 125 cm³/mol. The van der Waals surface area contributed by atoms with Crippen molar-refractivity contribution in [1.82, 2.24) is 0 Å². The Hall–Kier alpha value is -2.36. The molecule has 32 heavy (non-hydrogen) atoms. The summed E-state index contributed by atoms with van der Waals surface area (Å²) < 4.78 is 10.8. The Morgan fingerprint density at radius 1 is 0.938 bits per heavy atom. The van der Waals surface area contributed by atoms with Crippen molar-refractivity contribution in [3.8, 4) is 11.5 Å². The second kappa shape index (κ2) is 7.60. The first-order chi connectivity index (χ1) is 15.3. The van der Waals surface area contributed by atoms with E-state index in [1.807, 2.05) is 24.3 Å². The molecular formula is C28H34O4. The molecule has 5 atom stereocenters. The van der Waals surface area contributed by atoms with E-state index in [0.717, 1.165) is 49.7 Å². The quantitative estimate of drug-likeness (QED) is 0.564. The topological polar surface area (TPSA) is 52.6 Å². The molecule has 5 rings (SSSR count). The third kappa shape index (κ3) is 3.09. The van der Waals surface area contributed by atoms with Crippen molar-refractivity contribution in [2.24, 2.45) is 28.6 Å². The maximum Gasteiger partial charge on any atom is 0.165 e. The van der Waals surface area contributed by atoms with Crippen LogP contribution in [0.3, 0.4) is 0 Å². The molecule has 0 radical (unpaired) electrons. The summed E-state index contributed by atoms with van der Waals surface area (Å²) in [4.78, 5) is 25.7. The number of ether oxygens (including phenoxy) is 2. The van der Waals surface area contributed by atoms with Crippen molar-refractivity contribution >= 4 is 17.6 Å². The minimum atomic E-state index is -0.258. The number of carbonyl (C=O) groups excluding carboxylic acids is 2. The van der Waals surface area contributed by atoms with Gasteiger partial charge in [0.25, 0.3) is 0 Å². The van der Waals surface area contributed by atoms with E-state index in [-0.39, 0.29) is 10.8 Å². The van der Waals surface area contributed by atoms with Gasteiger partial charge < -0.3 is 9.47 Å². The zero-order valence-corrected chi connectivity index (χ0v) is 19.7. The van der Waals surface area contributed by atoms with E-state index in [1.54, 1.807) is 14.2 Å². The molecule has 1 aromatic rings. The van der Waals surface area contributed by atoms with Crippen molar-refractivity contribution < 1.29 is 19.1 Å². The van der Waals surface area contributed by atoms with Crippen LogP contribution in [-0.2, 0) is 9.59 Å². The van der Waals surface area contributed by atoms with E-state index >= 15 is 0 Å². The van der Waals surface area contributed by atoms with Crippen molar-refractivity contribution in [1.29, 1.82) is 0 Å². The highest BCUT2D eigenvalue weighted by Crippen LogP contribution is 2.65. The van der Waals surface area contributed by atoms with Gasteiger partial charge in [0.15, 0.2) is 23.1 Å². The van der Waals surface area contributed by atoms with Crippen LogP contribution >= 0.6 is 0 Å². The Bertz CT molecular complexity index is 1030. The molecule has 4 aliphatic rings. The molecule has 0 bridgehead atoms. The van der Waals surface area contributed by atoms with Crippen LogP contribution in [0.25, 0.3) is 6.08 Å². The lowest BCUT2D eigenvalue weighted by Crippen LogP contribution is -2.50. The number of methoxy groups -OCH3 is 2. The number of benzene rings is 1. The van der Waals surface area contributed by atoms with Crippen molar-refractivity contribution in [2.75, 3.05) is 14.2 Å². The average Bonchev–Trinajstić information content (AvgIpc) is 3.04. The summed E-state index contributed by atoms with van der Waals surface area (Å²) in [6.07, 6.45) is 10.7. The van der Waals surface area contributed by atoms with E-state index in [0.29, 0.717) is 47.2 Å². The molecule has 0 heterocycles. The van der Waals surface area contributed by atoms with Gasteiger partial charge in [0.2, 0.25) is 0 Å². The summed E-state index contributed by atoms with van der Waals surface area (Å²) in [5, 5.41) is 0. The lowest BCUT2D eigenvalue weighted by Gasteiger charge is -2.56. The Labute approximate surface area is 191 Å². The first-order valence-electron chi connectivity index (χ1n) is 12.0. The monoisotopic (exact) mass is 434 g/mol. The van der Waals surface area contributed by atoms with Gasteiger partial charge in [-0.2, -0.15) is 0 Å². The van der Waals surface area contributed by atoms with Gasteiger partial charge in [-0.25, -0.2) is 0 Å². The minimum Gasteiger partial charge on any atom is -0.493 e. The third-order valence-corrected chi connectivity index (χ3v) is 9.35. The Balaban J connectivity index is 1.46. The largest absolute Gasteiger partial charge is 0.493 e. The minimum absolute atomic E-state index is 0.136. The highest BCUT2D eigenvalue weighted by Gasteiger charge is 2.60. The summed E-state index contributed by atoms with van der Waals surface area (Å²) in [5.74, 6) is 3.56. The maximum atomic E-state index is 13.6. The second-order valence-corrected chi connectivity index (χ2v) is 10.7. The highest BCUT2D eigenvalue weighted by atomic mass is 16.5. The van der Waals surface area contributed by atoms with E-state index in [2.05, 4.69) is 19.9 Å². The summed E-state index contributed by atoms with van der Waals surface area (Å²) in [5.41, 5.74) is 3.19. The number of hydrogen-bond acceptors (Lipinski definition) is 4. The zero-order valence-electron chi connectivity index (χ0n) is 19.7. The average molecular weight is 435 g/mol. The summed E-state index contributed by atoms with van der Waals surface area (Å²) >= 11 is 0. The van der Waals surface area contributed by atoms with Crippen molar-refractivity contribution in [3.05, 3.63) is 41.0 Å². The Morgan fingerprint density at radius 3 is 2.47 bits per heavy atom. The van der Waals surface area contributed by atoms with Crippen LogP contribution in [0.5, 0.6) is 11.5 Å². The molecule has 0 aromatic heterocycles. The zero-order chi connectivity index (χ0) is 22.7. The number of carbonyl (C=O) groups is 2. The molecule has 4 heteroatoms. The standard InChI is InChI=1S/C28H34O4/c1-27-11-9-20(29)16-19(27)6-7-21-22(27)10-12-28(2)23(21)15-18(26(28)30)13-17-5-8-24(31-3)25(14-17)32-4/h5,8,13-14,16,21-23H,6-7,9-12,15H2,1-4H3/t21-,22+,23+,27+,28+/m1/s1. The van der Waals surface area contributed by atoms with Crippen molar-refractivity contribution in [3.63, 3.8) is 0 Å². The number of ketones is 2.